The first-order valence-electron chi connectivity index (χ1n) is 6.54. The SMILES string of the molecule is Cc1cc(S(=O)(=O)NCC(C)(C)CN(C)C)ccc1N. The van der Waals surface area contributed by atoms with Crippen LogP contribution in [0.15, 0.2) is 23.1 Å². The molecule has 0 aliphatic carbocycles. The summed E-state index contributed by atoms with van der Waals surface area (Å²) in [6.07, 6.45) is 0. The van der Waals surface area contributed by atoms with Gasteiger partial charge in [-0.05, 0) is 50.2 Å². The van der Waals surface area contributed by atoms with Gasteiger partial charge < -0.3 is 10.6 Å². The predicted molar refractivity (Wildman–Crippen MR) is 83.1 cm³/mol. The van der Waals surface area contributed by atoms with E-state index in [9.17, 15) is 8.42 Å². The lowest BCUT2D eigenvalue weighted by atomic mass is 9.93. The molecular formula is C14H25N3O2S. The highest BCUT2D eigenvalue weighted by molar-refractivity contribution is 7.89. The van der Waals surface area contributed by atoms with E-state index < -0.39 is 10.0 Å². The monoisotopic (exact) mass is 299 g/mol. The smallest absolute Gasteiger partial charge is 0.240 e. The second kappa shape index (κ2) is 6.11. The van der Waals surface area contributed by atoms with Crippen LogP contribution in [0.5, 0.6) is 0 Å². The molecule has 0 fully saturated rings. The number of nitrogens with zero attached hydrogens (tertiary/aromatic N) is 1. The number of aryl methyl sites for hydroxylation is 1. The lowest BCUT2D eigenvalue weighted by Crippen LogP contribution is -2.39. The van der Waals surface area contributed by atoms with E-state index in [4.69, 9.17) is 5.73 Å². The number of nitrogen functional groups attached to an aromatic ring is 1. The van der Waals surface area contributed by atoms with Crippen molar-refractivity contribution in [1.29, 1.82) is 0 Å². The summed E-state index contributed by atoms with van der Waals surface area (Å²) in [7, 11) is 0.451. The van der Waals surface area contributed by atoms with E-state index in [1.54, 1.807) is 19.1 Å². The van der Waals surface area contributed by atoms with Crippen molar-refractivity contribution in [2.75, 3.05) is 32.9 Å². The van der Waals surface area contributed by atoms with Crippen LogP contribution in [0.4, 0.5) is 5.69 Å². The van der Waals surface area contributed by atoms with Crippen molar-refractivity contribution in [3.05, 3.63) is 23.8 Å². The van der Waals surface area contributed by atoms with Gasteiger partial charge in [0, 0.05) is 18.8 Å². The zero-order valence-corrected chi connectivity index (χ0v) is 13.7. The highest BCUT2D eigenvalue weighted by atomic mass is 32.2. The van der Waals surface area contributed by atoms with Crippen LogP contribution in [0.2, 0.25) is 0 Å². The van der Waals surface area contributed by atoms with Crippen LogP contribution >= 0.6 is 0 Å². The molecule has 3 N–H and O–H groups in total. The topological polar surface area (TPSA) is 75.4 Å². The summed E-state index contributed by atoms with van der Waals surface area (Å²) >= 11 is 0. The fourth-order valence-corrected chi connectivity index (χ4v) is 3.43. The van der Waals surface area contributed by atoms with Crippen LogP contribution in [0.25, 0.3) is 0 Å². The summed E-state index contributed by atoms with van der Waals surface area (Å²) in [6.45, 7) is 7.05. The van der Waals surface area contributed by atoms with Gasteiger partial charge in [-0.3, -0.25) is 0 Å². The van der Waals surface area contributed by atoms with Crippen molar-refractivity contribution >= 4 is 15.7 Å². The molecule has 0 amide bonds. The Kier molecular flexibility index (Phi) is 5.18. The Morgan fingerprint density at radius 3 is 2.40 bits per heavy atom. The third-order valence-electron chi connectivity index (χ3n) is 3.04. The molecule has 0 saturated carbocycles. The summed E-state index contributed by atoms with van der Waals surface area (Å²) in [4.78, 5) is 2.30. The van der Waals surface area contributed by atoms with E-state index in [0.29, 0.717) is 12.2 Å². The van der Waals surface area contributed by atoms with Crippen molar-refractivity contribution in [1.82, 2.24) is 9.62 Å². The van der Waals surface area contributed by atoms with Crippen molar-refractivity contribution in [3.8, 4) is 0 Å². The van der Waals surface area contributed by atoms with Gasteiger partial charge in [-0.1, -0.05) is 13.8 Å². The number of rotatable bonds is 6. The van der Waals surface area contributed by atoms with Gasteiger partial charge in [0.15, 0.2) is 0 Å². The number of anilines is 1. The van der Waals surface area contributed by atoms with Crippen LogP contribution in [0.1, 0.15) is 19.4 Å². The van der Waals surface area contributed by atoms with Gasteiger partial charge in [0.25, 0.3) is 0 Å². The Balaban J connectivity index is 2.82. The first kappa shape index (κ1) is 16.9. The summed E-state index contributed by atoms with van der Waals surface area (Å²) < 4.78 is 27.2. The van der Waals surface area contributed by atoms with Crippen LogP contribution < -0.4 is 10.5 Å². The first-order valence-corrected chi connectivity index (χ1v) is 8.02. The lowest BCUT2D eigenvalue weighted by molar-refractivity contribution is 0.242. The Bertz CT molecular complexity index is 566. The second-order valence-electron chi connectivity index (χ2n) is 6.24. The standard InChI is InChI=1S/C14H25N3O2S/c1-11-8-12(6-7-13(11)15)20(18,19)16-9-14(2,3)10-17(4)5/h6-8,16H,9-10,15H2,1-5H3. The largest absolute Gasteiger partial charge is 0.399 e. The van der Waals surface area contributed by atoms with Gasteiger partial charge in [0.1, 0.15) is 0 Å². The molecule has 0 aliphatic heterocycles. The normalized spacial score (nSPS) is 12.9. The molecule has 1 aromatic rings. The summed E-state index contributed by atoms with van der Waals surface area (Å²) in [5, 5.41) is 0. The molecule has 5 nitrogen and oxygen atoms in total. The molecule has 0 heterocycles. The van der Waals surface area contributed by atoms with Gasteiger partial charge in [0.05, 0.1) is 4.90 Å². The van der Waals surface area contributed by atoms with Crippen LogP contribution in [0, 0.1) is 12.3 Å². The van der Waals surface area contributed by atoms with E-state index in [2.05, 4.69) is 4.72 Å². The molecule has 0 saturated heterocycles. The van der Waals surface area contributed by atoms with Gasteiger partial charge >= 0.3 is 0 Å². The van der Waals surface area contributed by atoms with E-state index in [1.807, 2.05) is 32.8 Å². The minimum Gasteiger partial charge on any atom is -0.399 e. The van der Waals surface area contributed by atoms with Crippen molar-refractivity contribution in [2.45, 2.75) is 25.7 Å². The van der Waals surface area contributed by atoms with Crippen molar-refractivity contribution < 1.29 is 8.42 Å². The maximum absolute atomic E-state index is 12.3. The van der Waals surface area contributed by atoms with Crippen LogP contribution in [-0.4, -0.2) is 40.5 Å². The number of hydrogen-bond donors (Lipinski definition) is 2. The number of benzene rings is 1. The highest BCUT2D eigenvalue weighted by Crippen LogP contribution is 2.19. The third-order valence-corrected chi connectivity index (χ3v) is 4.44. The zero-order valence-electron chi connectivity index (χ0n) is 12.9. The second-order valence-corrected chi connectivity index (χ2v) is 8.01. The molecular weight excluding hydrogens is 274 g/mol. The Labute approximate surface area is 122 Å². The Morgan fingerprint density at radius 1 is 1.30 bits per heavy atom. The van der Waals surface area contributed by atoms with Gasteiger partial charge in [-0.15, -0.1) is 0 Å². The van der Waals surface area contributed by atoms with Gasteiger partial charge in [-0.2, -0.15) is 0 Å². The molecule has 0 unspecified atom stereocenters. The molecule has 0 radical (unpaired) electrons. The molecule has 0 spiro atoms. The number of nitrogens with two attached hydrogens (primary N) is 1. The molecule has 6 heteroatoms. The minimum atomic E-state index is -3.49. The predicted octanol–water partition coefficient (Wildman–Crippen LogP) is 1.44. The van der Waals surface area contributed by atoms with Crippen LogP contribution in [-0.2, 0) is 10.0 Å². The number of sulfonamides is 1. The van der Waals surface area contributed by atoms with Gasteiger partial charge in [0.2, 0.25) is 10.0 Å². The maximum Gasteiger partial charge on any atom is 0.240 e. The quantitative estimate of drug-likeness (QED) is 0.780. The lowest BCUT2D eigenvalue weighted by Gasteiger charge is -2.28. The Hall–Kier alpha value is -1.11. The van der Waals surface area contributed by atoms with E-state index in [1.165, 1.54) is 6.07 Å². The average molecular weight is 299 g/mol. The Morgan fingerprint density at radius 2 is 1.90 bits per heavy atom. The van der Waals surface area contributed by atoms with Crippen LogP contribution in [0.3, 0.4) is 0 Å². The van der Waals surface area contributed by atoms with E-state index in [0.717, 1.165) is 12.1 Å². The molecule has 1 aromatic carbocycles. The molecule has 20 heavy (non-hydrogen) atoms. The molecule has 0 aliphatic rings. The van der Waals surface area contributed by atoms with Crippen molar-refractivity contribution in [2.24, 2.45) is 5.41 Å². The average Bonchev–Trinajstić information content (AvgIpc) is 2.29. The fraction of sp³-hybridized carbons (Fsp3) is 0.571. The summed E-state index contributed by atoms with van der Waals surface area (Å²) in [6, 6.07) is 4.75. The molecule has 1 rings (SSSR count). The molecule has 0 bridgehead atoms. The first-order chi connectivity index (χ1) is 9.03. The van der Waals surface area contributed by atoms with Crippen molar-refractivity contribution in [3.63, 3.8) is 0 Å². The highest BCUT2D eigenvalue weighted by Gasteiger charge is 2.23. The maximum atomic E-state index is 12.3. The summed E-state index contributed by atoms with van der Waals surface area (Å²) in [5.41, 5.74) is 6.93. The third kappa shape index (κ3) is 4.77. The molecule has 0 atom stereocenters. The summed E-state index contributed by atoms with van der Waals surface area (Å²) in [5.74, 6) is 0. The fourth-order valence-electron chi connectivity index (χ4n) is 2.10. The number of nitrogens with one attached hydrogen (secondary N) is 1. The van der Waals surface area contributed by atoms with Gasteiger partial charge in [-0.25, -0.2) is 13.1 Å². The zero-order chi connectivity index (χ0) is 15.6. The molecule has 114 valence electrons. The van der Waals surface area contributed by atoms with E-state index in [-0.39, 0.29) is 10.3 Å². The number of hydrogen-bond acceptors (Lipinski definition) is 4. The molecule has 0 aromatic heterocycles. The minimum absolute atomic E-state index is 0.139. The van der Waals surface area contributed by atoms with E-state index >= 15 is 0 Å².